The zero-order valence-corrected chi connectivity index (χ0v) is 12.6. The van der Waals surface area contributed by atoms with Crippen molar-refractivity contribution < 1.29 is 9.47 Å². The Labute approximate surface area is 117 Å². The number of nitrogens with zero attached hydrogens (tertiary/aromatic N) is 1. The molecule has 0 aromatic carbocycles. The van der Waals surface area contributed by atoms with Crippen LogP contribution >= 0.6 is 0 Å². The highest BCUT2D eigenvalue weighted by molar-refractivity contribution is 4.84. The van der Waals surface area contributed by atoms with E-state index in [2.05, 4.69) is 24.1 Å². The lowest BCUT2D eigenvalue weighted by atomic mass is 9.97. The average Bonchev–Trinajstić information content (AvgIpc) is 2.93. The zero-order valence-electron chi connectivity index (χ0n) is 12.6. The molecule has 19 heavy (non-hydrogen) atoms. The quantitative estimate of drug-likeness (QED) is 0.760. The van der Waals surface area contributed by atoms with Crippen LogP contribution < -0.4 is 5.32 Å². The van der Waals surface area contributed by atoms with Crippen LogP contribution in [0.1, 0.15) is 33.1 Å². The van der Waals surface area contributed by atoms with Crippen molar-refractivity contribution in [1.82, 2.24) is 10.2 Å². The SMILES string of the molecule is CCNC(CN1CCCC(OCC)C1)C1CCOC1. The van der Waals surface area contributed by atoms with E-state index in [1.54, 1.807) is 0 Å². The fraction of sp³-hybridized carbons (Fsp3) is 1.00. The summed E-state index contributed by atoms with van der Waals surface area (Å²) in [7, 11) is 0. The van der Waals surface area contributed by atoms with Crippen LogP contribution in [0.5, 0.6) is 0 Å². The van der Waals surface area contributed by atoms with Crippen LogP contribution in [-0.2, 0) is 9.47 Å². The Morgan fingerprint density at radius 2 is 2.26 bits per heavy atom. The summed E-state index contributed by atoms with van der Waals surface area (Å²) in [5.74, 6) is 0.687. The fourth-order valence-corrected chi connectivity index (χ4v) is 3.34. The minimum absolute atomic E-state index is 0.445. The predicted molar refractivity (Wildman–Crippen MR) is 77.5 cm³/mol. The Balaban J connectivity index is 1.81. The molecule has 2 rings (SSSR count). The van der Waals surface area contributed by atoms with Gasteiger partial charge in [-0.15, -0.1) is 0 Å². The summed E-state index contributed by atoms with van der Waals surface area (Å²) in [5.41, 5.74) is 0. The van der Waals surface area contributed by atoms with E-state index in [1.165, 1.54) is 25.8 Å². The molecule has 0 amide bonds. The van der Waals surface area contributed by atoms with Gasteiger partial charge < -0.3 is 14.8 Å². The van der Waals surface area contributed by atoms with Crippen molar-refractivity contribution >= 4 is 0 Å². The van der Waals surface area contributed by atoms with Gasteiger partial charge in [0.25, 0.3) is 0 Å². The van der Waals surface area contributed by atoms with Crippen LogP contribution in [0.15, 0.2) is 0 Å². The first kappa shape index (κ1) is 15.2. The van der Waals surface area contributed by atoms with E-state index in [-0.39, 0.29) is 0 Å². The summed E-state index contributed by atoms with van der Waals surface area (Å²) in [5, 5.41) is 3.66. The zero-order chi connectivity index (χ0) is 13.5. The molecular weight excluding hydrogens is 240 g/mol. The third kappa shape index (κ3) is 4.71. The molecule has 112 valence electrons. The number of piperidine rings is 1. The van der Waals surface area contributed by atoms with Gasteiger partial charge in [-0.05, 0) is 39.3 Å². The molecule has 4 nitrogen and oxygen atoms in total. The third-order valence-corrected chi connectivity index (χ3v) is 4.32. The van der Waals surface area contributed by atoms with Crippen molar-refractivity contribution in [2.75, 3.05) is 46.0 Å². The predicted octanol–water partition coefficient (Wildman–Crippen LogP) is 1.50. The standard InChI is InChI=1S/C15H30N2O2/c1-3-16-15(13-7-9-18-12-13)11-17-8-5-6-14(10-17)19-4-2/h13-16H,3-12H2,1-2H3. The summed E-state index contributed by atoms with van der Waals surface area (Å²) in [6.07, 6.45) is 4.15. The van der Waals surface area contributed by atoms with Gasteiger partial charge in [0.15, 0.2) is 0 Å². The fourth-order valence-electron chi connectivity index (χ4n) is 3.34. The first-order chi connectivity index (χ1) is 9.33. The van der Waals surface area contributed by atoms with Crippen LogP contribution in [0, 0.1) is 5.92 Å². The highest BCUT2D eigenvalue weighted by Gasteiger charge is 2.28. The number of rotatable bonds is 7. The van der Waals surface area contributed by atoms with E-state index < -0.39 is 0 Å². The monoisotopic (exact) mass is 270 g/mol. The molecule has 2 fully saturated rings. The Kier molecular flexibility index (Phi) is 6.57. The molecule has 2 saturated heterocycles. The van der Waals surface area contributed by atoms with Crippen molar-refractivity contribution in [3.05, 3.63) is 0 Å². The lowest BCUT2D eigenvalue weighted by Gasteiger charge is -2.36. The van der Waals surface area contributed by atoms with Crippen molar-refractivity contribution in [2.24, 2.45) is 5.92 Å². The molecule has 0 aromatic rings. The number of hydrogen-bond donors (Lipinski definition) is 1. The second kappa shape index (κ2) is 8.20. The van der Waals surface area contributed by atoms with Crippen LogP contribution in [0.25, 0.3) is 0 Å². The minimum Gasteiger partial charge on any atom is -0.381 e. The molecule has 0 radical (unpaired) electrons. The van der Waals surface area contributed by atoms with E-state index in [4.69, 9.17) is 9.47 Å². The van der Waals surface area contributed by atoms with Crippen molar-refractivity contribution in [1.29, 1.82) is 0 Å². The molecule has 2 aliphatic heterocycles. The van der Waals surface area contributed by atoms with Crippen LogP contribution in [0.2, 0.25) is 0 Å². The maximum atomic E-state index is 5.79. The second-order valence-electron chi connectivity index (χ2n) is 5.77. The molecule has 0 aromatic heterocycles. The number of ether oxygens (including phenoxy) is 2. The van der Waals surface area contributed by atoms with Gasteiger partial charge in [0.1, 0.15) is 0 Å². The van der Waals surface area contributed by atoms with Crippen molar-refractivity contribution in [3.8, 4) is 0 Å². The van der Waals surface area contributed by atoms with Gasteiger partial charge in [-0.25, -0.2) is 0 Å². The lowest BCUT2D eigenvalue weighted by Crippen LogP contribution is -2.49. The third-order valence-electron chi connectivity index (χ3n) is 4.32. The highest BCUT2D eigenvalue weighted by Crippen LogP contribution is 2.20. The van der Waals surface area contributed by atoms with Gasteiger partial charge in [-0.2, -0.15) is 0 Å². The minimum atomic E-state index is 0.445. The number of likely N-dealkylation sites (tertiary alicyclic amines) is 1. The summed E-state index contributed by atoms with van der Waals surface area (Å²) in [6, 6.07) is 0.577. The Hall–Kier alpha value is -0.160. The molecule has 0 spiro atoms. The Morgan fingerprint density at radius 1 is 1.37 bits per heavy atom. The summed E-state index contributed by atoms with van der Waals surface area (Å²) < 4.78 is 11.3. The van der Waals surface area contributed by atoms with Crippen molar-refractivity contribution in [3.63, 3.8) is 0 Å². The average molecular weight is 270 g/mol. The summed E-state index contributed by atoms with van der Waals surface area (Å²) in [4.78, 5) is 2.58. The van der Waals surface area contributed by atoms with E-state index in [0.29, 0.717) is 18.1 Å². The van der Waals surface area contributed by atoms with Gasteiger partial charge in [0.05, 0.1) is 12.7 Å². The molecular formula is C15H30N2O2. The highest BCUT2D eigenvalue weighted by atomic mass is 16.5. The van der Waals surface area contributed by atoms with Crippen LogP contribution in [-0.4, -0.2) is 63.0 Å². The lowest BCUT2D eigenvalue weighted by molar-refractivity contribution is 0.00153. The topological polar surface area (TPSA) is 33.7 Å². The molecule has 0 saturated carbocycles. The molecule has 0 bridgehead atoms. The molecule has 0 aliphatic carbocycles. The van der Waals surface area contributed by atoms with E-state index >= 15 is 0 Å². The first-order valence-corrected chi connectivity index (χ1v) is 7.98. The van der Waals surface area contributed by atoms with Crippen molar-refractivity contribution in [2.45, 2.75) is 45.3 Å². The van der Waals surface area contributed by atoms with Gasteiger partial charge in [0.2, 0.25) is 0 Å². The summed E-state index contributed by atoms with van der Waals surface area (Å²) >= 11 is 0. The molecule has 1 N–H and O–H groups in total. The largest absolute Gasteiger partial charge is 0.381 e. The molecule has 3 atom stereocenters. The Bertz CT molecular complexity index is 242. The normalized spacial score (nSPS) is 30.6. The van der Waals surface area contributed by atoms with Crippen LogP contribution in [0.3, 0.4) is 0 Å². The van der Waals surface area contributed by atoms with Gasteiger partial charge in [0, 0.05) is 38.3 Å². The maximum Gasteiger partial charge on any atom is 0.0702 e. The molecule has 2 heterocycles. The smallest absolute Gasteiger partial charge is 0.0702 e. The summed E-state index contributed by atoms with van der Waals surface area (Å²) in [6.45, 7) is 11.5. The van der Waals surface area contributed by atoms with Gasteiger partial charge >= 0.3 is 0 Å². The van der Waals surface area contributed by atoms with E-state index in [9.17, 15) is 0 Å². The van der Waals surface area contributed by atoms with E-state index in [0.717, 1.165) is 39.5 Å². The van der Waals surface area contributed by atoms with E-state index in [1.807, 2.05) is 0 Å². The van der Waals surface area contributed by atoms with Gasteiger partial charge in [-0.3, -0.25) is 4.90 Å². The number of nitrogens with one attached hydrogen (secondary N) is 1. The second-order valence-corrected chi connectivity index (χ2v) is 5.77. The maximum absolute atomic E-state index is 5.79. The molecule has 4 heteroatoms. The van der Waals surface area contributed by atoms with Gasteiger partial charge in [-0.1, -0.05) is 6.92 Å². The number of hydrogen-bond acceptors (Lipinski definition) is 4. The molecule has 2 aliphatic rings. The first-order valence-electron chi connectivity index (χ1n) is 7.98. The van der Waals surface area contributed by atoms with Crippen LogP contribution in [0.4, 0.5) is 0 Å². The number of likely N-dealkylation sites (N-methyl/N-ethyl adjacent to an activating group) is 1. The Morgan fingerprint density at radius 3 is 2.95 bits per heavy atom. The molecule has 3 unspecified atom stereocenters.